The maximum Gasteiger partial charge on any atom is 0.252 e. The Hall–Kier alpha value is -1.80. The molecule has 0 spiro atoms. The lowest BCUT2D eigenvalue weighted by molar-refractivity contribution is 0.0953. The summed E-state index contributed by atoms with van der Waals surface area (Å²) < 4.78 is 0. The first-order valence-corrected chi connectivity index (χ1v) is 7.54. The van der Waals surface area contributed by atoms with Crippen molar-refractivity contribution >= 4 is 17.5 Å². The summed E-state index contributed by atoms with van der Waals surface area (Å²) in [6.07, 6.45) is 1.88. The molecule has 3 heteroatoms. The van der Waals surface area contributed by atoms with Crippen LogP contribution in [0.3, 0.4) is 0 Å². The summed E-state index contributed by atoms with van der Waals surface area (Å²) in [6.45, 7) is 4.88. The van der Waals surface area contributed by atoms with Crippen LogP contribution in [0.25, 0.3) is 0 Å². The third-order valence-electron chi connectivity index (χ3n) is 3.53. The van der Waals surface area contributed by atoms with Gasteiger partial charge in [0, 0.05) is 6.54 Å². The smallest absolute Gasteiger partial charge is 0.252 e. The van der Waals surface area contributed by atoms with Gasteiger partial charge in [0.25, 0.3) is 5.91 Å². The molecule has 2 aromatic carbocycles. The van der Waals surface area contributed by atoms with Crippen LogP contribution < -0.4 is 5.32 Å². The number of rotatable bonds is 5. The van der Waals surface area contributed by atoms with E-state index in [0.29, 0.717) is 17.1 Å². The van der Waals surface area contributed by atoms with Crippen LogP contribution in [0, 0.1) is 13.8 Å². The van der Waals surface area contributed by atoms with Crippen molar-refractivity contribution in [3.63, 3.8) is 0 Å². The maximum atomic E-state index is 12.0. The van der Waals surface area contributed by atoms with Crippen molar-refractivity contribution in [1.29, 1.82) is 0 Å². The van der Waals surface area contributed by atoms with Gasteiger partial charge in [-0.05, 0) is 49.9 Å². The van der Waals surface area contributed by atoms with Gasteiger partial charge in [-0.1, -0.05) is 47.5 Å². The van der Waals surface area contributed by atoms with Crippen LogP contribution in [0.5, 0.6) is 0 Å². The number of nitrogens with one attached hydrogen (secondary N) is 1. The molecule has 0 aliphatic carbocycles. The van der Waals surface area contributed by atoms with Gasteiger partial charge in [0.05, 0.1) is 10.6 Å². The highest BCUT2D eigenvalue weighted by atomic mass is 35.5. The molecule has 0 aliphatic heterocycles. The fourth-order valence-electron chi connectivity index (χ4n) is 2.35. The number of benzene rings is 2. The number of hydrogen-bond acceptors (Lipinski definition) is 1. The maximum absolute atomic E-state index is 12.0. The van der Waals surface area contributed by atoms with Gasteiger partial charge in [0.15, 0.2) is 0 Å². The van der Waals surface area contributed by atoms with E-state index >= 15 is 0 Å². The molecule has 0 aliphatic rings. The van der Waals surface area contributed by atoms with Crippen molar-refractivity contribution in [1.82, 2.24) is 5.32 Å². The van der Waals surface area contributed by atoms with Crippen molar-refractivity contribution in [3.05, 3.63) is 69.7 Å². The van der Waals surface area contributed by atoms with Crippen LogP contribution in [0.2, 0.25) is 5.02 Å². The summed E-state index contributed by atoms with van der Waals surface area (Å²) >= 11 is 6.00. The number of amides is 1. The second kappa shape index (κ2) is 7.28. The summed E-state index contributed by atoms with van der Waals surface area (Å²) in [7, 11) is 0. The van der Waals surface area contributed by atoms with E-state index in [0.717, 1.165) is 12.8 Å². The van der Waals surface area contributed by atoms with E-state index in [9.17, 15) is 4.79 Å². The monoisotopic (exact) mass is 301 g/mol. The van der Waals surface area contributed by atoms with Crippen molar-refractivity contribution in [2.24, 2.45) is 0 Å². The third-order valence-corrected chi connectivity index (χ3v) is 3.85. The Morgan fingerprint density at radius 1 is 1.14 bits per heavy atom. The van der Waals surface area contributed by atoms with Crippen molar-refractivity contribution in [3.8, 4) is 0 Å². The van der Waals surface area contributed by atoms with E-state index in [-0.39, 0.29) is 5.91 Å². The lowest BCUT2D eigenvalue weighted by atomic mass is 10.0. The van der Waals surface area contributed by atoms with Gasteiger partial charge < -0.3 is 5.32 Å². The lowest BCUT2D eigenvalue weighted by Crippen LogP contribution is -2.25. The van der Waals surface area contributed by atoms with Gasteiger partial charge in [-0.3, -0.25) is 4.79 Å². The third kappa shape index (κ3) is 4.33. The summed E-state index contributed by atoms with van der Waals surface area (Å²) in [5.74, 6) is -0.110. The molecule has 0 bridgehead atoms. The molecule has 0 saturated heterocycles. The van der Waals surface area contributed by atoms with Gasteiger partial charge in [-0.25, -0.2) is 0 Å². The zero-order chi connectivity index (χ0) is 15.2. The van der Waals surface area contributed by atoms with Crippen LogP contribution >= 0.6 is 11.6 Å². The van der Waals surface area contributed by atoms with Gasteiger partial charge in [0.1, 0.15) is 0 Å². The Morgan fingerprint density at radius 3 is 2.62 bits per heavy atom. The fourth-order valence-corrected chi connectivity index (χ4v) is 2.57. The molecule has 0 atom stereocenters. The molecule has 2 aromatic rings. The Kier molecular flexibility index (Phi) is 5.40. The number of carbonyl (C=O) groups excluding carboxylic acids is 1. The van der Waals surface area contributed by atoms with Crippen LogP contribution in [0.4, 0.5) is 0 Å². The molecular formula is C18H20ClNO. The normalized spacial score (nSPS) is 10.4. The minimum absolute atomic E-state index is 0.110. The minimum Gasteiger partial charge on any atom is -0.352 e. The van der Waals surface area contributed by atoms with Crippen molar-refractivity contribution < 1.29 is 4.79 Å². The molecule has 1 N–H and O–H groups in total. The average molecular weight is 302 g/mol. The lowest BCUT2D eigenvalue weighted by Gasteiger charge is -2.09. The second-order valence-electron chi connectivity index (χ2n) is 5.27. The Morgan fingerprint density at radius 2 is 1.90 bits per heavy atom. The number of hydrogen-bond donors (Lipinski definition) is 1. The van der Waals surface area contributed by atoms with E-state index in [4.69, 9.17) is 11.6 Å². The molecule has 2 rings (SSSR count). The van der Waals surface area contributed by atoms with Gasteiger partial charge in [0.2, 0.25) is 0 Å². The van der Waals surface area contributed by atoms with Gasteiger partial charge >= 0.3 is 0 Å². The number of halogens is 1. The molecule has 0 heterocycles. The van der Waals surface area contributed by atoms with Crippen molar-refractivity contribution in [2.45, 2.75) is 26.7 Å². The first-order valence-electron chi connectivity index (χ1n) is 7.17. The van der Waals surface area contributed by atoms with Crippen LogP contribution in [0.15, 0.2) is 42.5 Å². The highest BCUT2D eigenvalue weighted by Crippen LogP contribution is 2.15. The van der Waals surface area contributed by atoms with Gasteiger partial charge in [-0.2, -0.15) is 0 Å². The van der Waals surface area contributed by atoms with E-state index < -0.39 is 0 Å². The molecule has 21 heavy (non-hydrogen) atoms. The largest absolute Gasteiger partial charge is 0.352 e. The molecule has 0 unspecified atom stereocenters. The predicted molar refractivity (Wildman–Crippen MR) is 88.0 cm³/mol. The van der Waals surface area contributed by atoms with Crippen LogP contribution in [0.1, 0.15) is 33.5 Å². The molecule has 0 aromatic heterocycles. The quantitative estimate of drug-likeness (QED) is 0.819. The number of carbonyl (C=O) groups is 1. The Balaban J connectivity index is 1.82. The Labute approximate surface area is 131 Å². The molecule has 0 saturated carbocycles. The van der Waals surface area contributed by atoms with Crippen LogP contribution in [-0.2, 0) is 6.42 Å². The number of aryl methyl sites for hydroxylation is 3. The molecule has 110 valence electrons. The highest BCUT2D eigenvalue weighted by molar-refractivity contribution is 6.33. The fraction of sp³-hybridized carbons (Fsp3) is 0.278. The average Bonchev–Trinajstić information content (AvgIpc) is 2.45. The summed E-state index contributed by atoms with van der Waals surface area (Å²) in [5.41, 5.74) is 4.47. The van der Waals surface area contributed by atoms with Crippen molar-refractivity contribution in [2.75, 3.05) is 6.54 Å². The molecule has 0 radical (unpaired) electrons. The first kappa shape index (κ1) is 15.6. The first-order chi connectivity index (χ1) is 10.1. The SMILES string of the molecule is Cc1ccc(CCCNC(=O)c2ccccc2Cl)c(C)c1. The zero-order valence-electron chi connectivity index (χ0n) is 12.4. The molecular weight excluding hydrogens is 282 g/mol. The second-order valence-corrected chi connectivity index (χ2v) is 5.68. The predicted octanol–water partition coefficient (Wildman–Crippen LogP) is 4.32. The molecule has 1 amide bonds. The van der Waals surface area contributed by atoms with E-state index in [1.54, 1.807) is 12.1 Å². The molecule has 0 fully saturated rings. The van der Waals surface area contributed by atoms with E-state index in [1.165, 1.54) is 16.7 Å². The topological polar surface area (TPSA) is 29.1 Å². The van der Waals surface area contributed by atoms with E-state index in [2.05, 4.69) is 37.4 Å². The summed E-state index contributed by atoms with van der Waals surface area (Å²) in [6, 6.07) is 13.6. The standard InChI is InChI=1S/C18H20ClNO/c1-13-9-10-15(14(2)12-13)6-5-11-20-18(21)16-7-3-4-8-17(16)19/h3-4,7-10,12H,5-6,11H2,1-2H3,(H,20,21). The highest BCUT2D eigenvalue weighted by Gasteiger charge is 2.08. The molecule has 2 nitrogen and oxygen atoms in total. The van der Waals surface area contributed by atoms with Gasteiger partial charge in [-0.15, -0.1) is 0 Å². The minimum atomic E-state index is -0.110. The summed E-state index contributed by atoms with van der Waals surface area (Å²) in [4.78, 5) is 12.0. The summed E-state index contributed by atoms with van der Waals surface area (Å²) in [5, 5.41) is 3.41. The van der Waals surface area contributed by atoms with E-state index in [1.807, 2.05) is 12.1 Å². The van der Waals surface area contributed by atoms with Crippen LogP contribution in [-0.4, -0.2) is 12.5 Å². The Bertz CT molecular complexity index is 637. The zero-order valence-corrected chi connectivity index (χ0v) is 13.2.